The first-order chi connectivity index (χ1) is 14.1. The molecule has 6 nitrogen and oxygen atoms in total. The van der Waals surface area contributed by atoms with E-state index in [0.717, 1.165) is 31.5 Å². The minimum Gasteiger partial charge on any atom is -0.339 e. The van der Waals surface area contributed by atoms with Gasteiger partial charge >= 0.3 is 5.69 Å². The van der Waals surface area contributed by atoms with E-state index in [0.29, 0.717) is 36.0 Å². The first-order valence-electron chi connectivity index (χ1n) is 10.2. The molecule has 1 amide bonds. The zero-order chi connectivity index (χ0) is 20.4. The van der Waals surface area contributed by atoms with E-state index in [-0.39, 0.29) is 17.2 Å². The van der Waals surface area contributed by atoms with Crippen molar-refractivity contribution < 1.29 is 4.79 Å². The van der Waals surface area contributed by atoms with E-state index in [1.165, 1.54) is 4.57 Å². The molecule has 1 aliphatic heterocycles. The molecule has 0 N–H and O–H groups in total. The Bertz CT molecular complexity index is 1150. The van der Waals surface area contributed by atoms with Gasteiger partial charge in [0.1, 0.15) is 0 Å². The number of hydrogen-bond acceptors (Lipinski definition) is 3. The molecular weight excluding hydrogens is 366 g/mol. The zero-order valence-corrected chi connectivity index (χ0v) is 16.6. The summed E-state index contributed by atoms with van der Waals surface area (Å²) >= 11 is 0. The number of benzene rings is 2. The monoisotopic (exact) mass is 391 g/mol. The van der Waals surface area contributed by atoms with Gasteiger partial charge in [-0.1, -0.05) is 31.2 Å². The number of likely N-dealkylation sites (tertiary alicyclic amines) is 1. The Morgan fingerprint density at radius 2 is 1.62 bits per heavy atom. The lowest BCUT2D eigenvalue weighted by Crippen LogP contribution is -2.40. The third kappa shape index (κ3) is 3.62. The number of carbonyl (C=O) groups is 1. The first-order valence-corrected chi connectivity index (χ1v) is 10.2. The van der Waals surface area contributed by atoms with E-state index < -0.39 is 0 Å². The van der Waals surface area contributed by atoms with Crippen LogP contribution in [0, 0.1) is 0 Å². The van der Waals surface area contributed by atoms with Crippen LogP contribution in [0.1, 0.15) is 42.1 Å². The van der Waals surface area contributed by atoms with Gasteiger partial charge in [-0.05, 0) is 49.1 Å². The van der Waals surface area contributed by atoms with Gasteiger partial charge in [0.2, 0.25) is 0 Å². The topological polar surface area (TPSA) is 64.3 Å². The Labute approximate surface area is 169 Å². The van der Waals surface area contributed by atoms with Crippen LogP contribution in [0.3, 0.4) is 0 Å². The van der Waals surface area contributed by atoms with Crippen molar-refractivity contribution in [3.63, 3.8) is 0 Å². The smallest absolute Gasteiger partial charge is 0.331 e. The lowest BCUT2D eigenvalue weighted by Gasteiger charge is -2.16. The lowest BCUT2D eigenvalue weighted by molar-refractivity contribution is 0.0793. The Hall–Kier alpha value is -3.15. The quantitative estimate of drug-likeness (QED) is 0.672. The first kappa shape index (κ1) is 19.2. The number of aromatic nitrogens is 2. The van der Waals surface area contributed by atoms with E-state index in [2.05, 4.69) is 0 Å². The van der Waals surface area contributed by atoms with Crippen molar-refractivity contribution in [2.24, 2.45) is 0 Å². The van der Waals surface area contributed by atoms with Crippen molar-refractivity contribution in [2.45, 2.75) is 39.3 Å². The SMILES string of the molecule is CCCn1c(=O)c2ccccc2n(Cc2ccc(C(=O)N3CCCC3)cc2)c1=O. The third-order valence-corrected chi connectivity index (χ3v) is 5.51. The Balaban J connectivity index is 1.70. The van der Waals surface area contributed by atoms with Gasteiger partial charge in [0.25, 0.3) is 11.5 Å². The molecule has 6 heteroatoms. The fraction of sp³-hybridized carbons (Fsp3) is 0.348. The highest BCUT2D eigenvalue weighted by Gasteiger charge is 2.19. The van der Waals surface area contributed by atoms with Crippen LogP contribution in [0.5, 0.6) is 0 Å². The van der Waals surface area contributed by atoms with Gasteiger partial charge in [0, 0.05) is 25.2 Å². The van der Waals surface area contributed by atoms with Crippen LogP contribution in [0.25, 0.3) is 10.9 Å². The fourth-order valence-electron chi connectivity index (χ4n) is 3.98. The Kier molecular flexibility index (Phi) is 5.34. The van der Waals surface area contributed by atoms with Gasteiger partial charge in [0.05, 0.1) is 17.4 Å². The summed E-state index contributed by atoms with van der Waals surface area (Å²) in [5.41, 5.74) is 1.68. The van der Waals surface area contributed by atoms with Gasteiger partial charge in [0.15, 0.2) is 0 Å². The number of hydrogen-bond donors (Lipinski definition) is 0. The molecule has 1 aromatic heterocycles. The molecule has 0 atom stereocenters. The summed E-state index contributed by atoms with van der Waals surface area (Å²) < 4.78 is 2.96. The van der Waals surface area contributed by atoms with Crippen LogP contribution in [-0.2, 0) is 13.1 Å². The lowest BCUT2D eigenvalue weighted by atomic mass is 10.1. The Morgan fingerprint density at radius 1 is 0.931 bits per heavy atom. The largest absolute Gasteiger partial charge is 0.339 e. The number of nitrogens with zero attached hydrogens (tertiary/aromatic N) is 3. The summed E-state index contributed by atoms with van der Waals surface area (Å²) in [4.78, 5) is 40.1. The van der Waals surface area contributed by atoms with E-state index in [1.807, 2.05) is 48.2 Å². The predicted molar refractivity (Wildman–Crippen MR) is 113 cm³/mol. The summed E-state index contributed by atoms with van der Waals surface area (Å²) in [6, 6.07) is 14.6. The number of rotatable bonds is 5. The fourth-order valence-corrected chi connectivity index (χ4v) is 3.98. The summed E-state index contributed by atoms with van der Waals surface area (Å²) in [5, 5.41) is 0.543. The molecule has 0 aliphatic carbocycles. The Morgan fingerprint density at radius 3 is 2.31 bits per heavy atom. The molecule has 0 unspecified atom stereocenters. The number of carbonyl (C=O) groups excluding carboxylic acids is 1. The molecule has 29 heavy (non-hydrogen) atoms. The molecule has 3 aromatic rings. The van der Waals surface area contributed by atoms with Gasteiger partial charge in [-0.25, -0.2) is 4.79 Å². The molecule has 1 saturated heterocycles. The normalized spacial score (nSPS) is 13.9. The standard InChI is InChI=1S/C23H25N3O3/c1-2-13-25-22(28)19-7-3-4-8-20(19)26(23(25)29)16-17-9-11-18(12-10-17)21(27)24-14-5-6-15-24/h3-4,7-12H,2,5-6,13-16H2,1H3. The van der Waals surface area contributed by atoms with Crippen LogP contribution in [0.15, 0.2) is 58.1 Å². The molecule has 2 aromatic carbocycles. The third-order valence-electron chi connectivity index (χ3n) is 5.51. The van der Waals surface area contributed by atoms with Gasteiger partial charge in [-0.3, -0.25) is 18.7 Å². The zero-order valence-electron chi connectivity index (χ0n) is 16.6. The molecule has 0 bridgehead atoms. The van der Waals surface area contributed by atoms with Crippen molar-refractivity contribution in [3.8, 4) is 0 Å². The van der Waals surface area contributed by atoms with Crippen LogP contribution < -0.4 is 11.2 Å². The van der Waals surface area contributed by atoms with E-state index in [4.69, 9.17) is 0 Å². The molecule has 0 saturated carbocycles. The van der Waals surface area contributed by atoms with Gasteiger partial charge in [-0.15, -0.1) is 0 Å². The minimum absolute atomic E-state index is 0.0631. The van der Waals surface area contributed by atoms with E-state index >= 15 is 0 Å². The highest BCUT2D eigenvalue weighted by Crippen LogP contribution is 2.15. The summed E-state index contributed by atoms with van der Waals surface area (Å²) in [6.07, 6.45) is 2.83. The van der Waals surface area contributed by atoms with Crippen LogP contribution in [-0.4, -0.2) is 33.0 Å². The van der Waals surface area contributed by atoms with Crippen molar-refractivity contribution in [3.05, 3.63) is 80.5 Å². The number of amides is 1. The maximum Gasteiger partial charge on any atom is 0.331 e. The van der Waals surface area contributed by atoms with Gasteiger partial charge < -0.3 is 4.90 Å². The molecule has 0 spiro atoms. The molecule has 4 rings (SSSR count). The predicted octanol–water partition coefficient (Wildman–Crippen LogP) is 2.86. The second-order valence-corrected chi connectivity index (χ2v) is 7.54. The molecule has 2 heterocycles. The second kappa shape index (κ2) is 8.07. The maximum absolute atomic E-state index is 13.0. The van der Waals surface area contributed by atoms with Crippen molar-refractivity contribution in [1.82, 2.24) is 14.0 Å². The second-order valence-electron chi connectivity index (χ2n) is 7.54. The molecule has 150 valence electrons. The van der Waals surface area contributed by atoms with Crippen molar-refractivity contribution in [2.75, 3.05) is 13.1 Å². The van der Waals surface area contributed by atoms with E-state index in [9.17, 15) is 14.4 Å². The van der Waals surface area contributed by atoms with Gasteiger partial charge in [-0.2, -0.15) is 0 Å². The highest BCUT2D eigenvalue weighted by molar-refractivity contribution is 5.94. The number of fused-ring (bicyclic) bond motifs is 1. The van der Waals surface area contributed by atoms with Crippen LogP contribution in [0.4, 0.5) is 0 Å². The summed E-state index contributed by atoms with van der Waals surface area (Å²) in [6.45, 7) is 4.33. The average molecular weight is 391 g/mol. The minimum atomic E-state index is -0.298. The average Bonchev–Trinajstić information content (AvgIpc) is 3.29. The maximum atomic E-state index is 13.0. The number of para-hydroxylation sites is 1. The van der Waals surface area contributed by atoms with Crippen molar-refractivity contribution in [1.29, 1.82) is 0 Å². The van der Waals surface area contributed by atoms with Crippen LogP contribution >= 0.6 is 0 Å². The molecule has 1 fully saturated rings. The molecular formula is C23H25N3O3. The highest BCUT2D eigenvalue weighted by atomic mass is 16.2. The van der Waals surface area contributed by atoms with Crippen molar-refractivity contribution >= 4 is 16.8 Å². The van der Waals surface area contributed by atoms with Crippen LogP contribution in [0.2, 0.25) is 0 Å². The molecule has 0 radical (unpaired) electrons. The molecule has 1 aliphatic rings. The summed E-state index contributed by atoms with van der Waals surface area (Å²) in [5.74, 6) is 0.0631. The summed E-state index contributed by atoms with van der Waals surface area (Å²) in [7, 11) is 0. The van der Waals surface area contributed by atoms with E-state index in [1.54, 1.807) is 16.7 Å².